The number of hydrogen-bond donors (Lipinski definition) is 0. The number of ether oxygens (including phenoxy) is 2. The molecule has 2 aliphatic heterocycles. The van der Waals surface area contributed by atoms with E-state index in [-0.39, 0.29) is 5.60 Å². The monoisotopic (exact) mass is 379 g/mol. The molecule has 0 amide bonds. The van der Waals surface area contributed by atoms with E-state index in [1.165, 1.54) is 0 Å². The van der Waals surface area contributed by atoms with E-state index in [9.17, 15) is 0 Å². The number of likely N-dealkylation sites (N-methyl/N-ethyl adjacent to an activating group) is 1. The molecular formula is C21H25N5O2. The van der Waals surface area contributed by atoms with Crippen molar-refractivity contribution >= 4 is 5.95 Å². The number of aryl methyl sites for hydroxylation is 1. The Labute approximate surface area is 165 Å². The molecule has 7 nitrogen and oxygen atoms in total. The Balaban J connectivity index is 1.48. The second-order valence-corrected chi connectivity index (χ2v) is 7.65. The Morgan fingerprint density at radius 2 is 2.00 bits per heavy atom. The SMILES string of the molecule is Cc1cc(Oc2cccc(C#N)c2)nc(N2CCC3(CC2)CN(C)CCO3)n1. The van der Waals surface area contributed by atoms with Gasteiger partial charge >= 0.3 is 0 Å². The fourth-order valence-electron chi connectivity index (χ4n) is 3.92. The van der Waals surface area contributed by atoms with Gasteiger partial charge in [0.25, 0.3) is 0 Å². The molecular weight excluding hydrogens is 354 g/mol. The van der Waals surface area contributed by atoms with Crippen molar-refractivity contribution < 1.29 is 9.47 Å². The molecule has 146 valence electrons. The highest BCUT2D eigenvalue weighted by molar-refractivity contribution is 5.40. The first-order valence-corrected chi connectivity index (χ1v) is 9.66. The molecule has 0 bridgehead atoms. The van der Waals surface area contributed by atoms with Gasteiger partial charge < -0.3 is 19.3 Å². The van der Waals surface area contributed by atoms with Gasteiger partial charge in [0.15, 0.2) is 0 Å². The van der Waals surface area contributed by atoms with Gasteiger partial charge in [-0.1, -0.05) is 6.07 Å². The molecule has 2 fully saturated rings. The fraction of sp³-hybridized carbons (Fsp3) is 0.476. The lowest BCUT2D eigenvalue weighted by molar-refractivity contribution is -0.115. The number of morpholine rings is 1. The van der Waals surface area contributed by atoms with Crippen LogP contribution in [0, 0.1) is 18.3 Å². The van der Waals surface area contributed by atoms with Crippen molar-refractivity contribution in [3.05, 3.63) is 41.6 Å². The number of hydrogen-bond acceptors (Lipinski definition) is 7. The second-order valence-electron chi connectivity index (χ2n) is 7.65. The number of nitrogens with zero attached hydrogens (tertiary/aromatic N) is 5. The van der Waals surface area contributed by atoms with Gasteiger partial charge in [-0.15, -0.1) is 0 Å². The van der Waals surface area contributed by atoms with Gasteiger partial charge in [0.05, 0.1) is 23.8 Å². The first kappa shape index (κ1) is 18.7. The first-order valence-electron chi connectivity index (χ1n) is 9.66. The quantitative estimate of drug-likeness (QED) is 0.812. The molecule has 0 atom stereocenters. The molecule has 0 saturated carbocycles. The largest absolute Gasteiger partial charge is 0.439 e. The van der Waals surface area contributed by atoms with E-state index in [1.807, 2.05) is 19.1 Å². The number of piperidine rings is 1. The topological polar surface area (TPSA) is 74.5 Å². The third-order valence-corrected chi connectivity index (χ3v) is 5.40. The van der Waals surface area contributed by atoms with Gasteiger partial charge in [0.2, 0.25) is 11.8 Å². The highest BCUT2D eigenvalue weighted by Crippen LogP contribution is 2.32. The van der Waals surface area contributed by atoms with Crippen LogP contribution in [0.1, 0.15) is 24.1 Å². The average molecular weight is 379 g/mol. The lowest BCUT2D eigenvalue weighted by atomic mass is 9.89. The number of nitriles is 1. The van der Waals surface area contributed by atoms with E-state index in [4.69, 9.17) is 14.7 Å². The average Bonchev–Trinajstić information content (AvgIpc) is 2.68. The zero-order valence-corrected chi connectivity index (χ0v) is 16.4. The lowest BCUT2D eigenvalue weighted by Crippen LogP contribution is -2.56. The Bertz CT molecular complexity index is 887. The molecule has 28 heavy (non-hydrogen) atoms. The highest BCUT2D eigenvalue weighted by Gasteiger charge is 2.39. The maximum atomic E-state index is 9.06. The molecule has 0 aliphatic carbocycles. The van der Waals surface area contributed by atoms with E-state index in [1.54, 1.807) is 18.2 Å². The standard InChI is InChI=1S/C21H25N5O2/c1-16-12-19(28-18-5-3-4-17(13-18)14-22)24-20(23-16)26-8-6-21(7-9-26)15-25(2)10-11-27-21/h3-5,12-13H,6-11,15H2,1-2H3. The van der Waals surface area contributed by atoms with Gasteiger partial charge in [-0.25, -0.2) is 4.98 Å². The maximum Gasteiger partial charge on any atom is 0.228 e. The van der Waals surface area contributed by atoms with E-state index in [0.717, 1.165) is 51.3 Å². The summed E-state index contributed by atoms with van der Waals surface area (Å²) in [7, 11) is 2.16. The maximum absolute atomic E-state index is 9.06. The minimum atomic E-state index is -0.0373. The molecule has 1 aromatic heterocycles. The van der Waals surface area contributed by atoms with E-state index in [2.05, 4.69) is 32.9 Å². The van der Waals surface area contributed by atoms with Crippen molar-refractivity contribution in [1.82, 2.24) is 14.9 Å². The molecule has 0 N–H and O–H groups in total. The Morgan fingerprint density at radius 3 is 2.75 bits per heavy atom. The van der Waals surface area contributed by atoms with Crippen LogP contribution in [0.15, 0.2) is 30.3 Å². The van der Waals surface area contributed by atoms with Crippen molar-refractivity contribution in [3.63, 3.8) is 0 Å². The summed E-state index contributed by atoms with van der Waals surface area (Å²) in [5.41, 5.74) is 1.37. The van der Waals surface area contributed by atoms with Crippen LogP contribution in [0.5, 0.6) is 11.6 Å². The molecule has 7 heteroatoms. The summed E-state index contributed by atoms with van der Waals surface area (Å²) < 4.78 is 12.0. The summed E-state index contributed by atoms with van der Waals surface area (Å²) in [5.74, 6) is 1.77. The third-order valence-electron chi connectivity index (χ3n) is 5.40. The summed E-state index contributed by atoms with van der Waals surface area (Å²) in [6.45, 7) is 6.45. The van der Waals surface area contributed by atoms with E-state index < -0.39 is 0 Å². The van der Waals surface area contributed by atoms with Crippen LogP contribution in [-0.4, -0.2) is 60.3 Å². The molecule has 2 saturated heterocycles. The number of aromatic nitrogens is 2. The molecule has 4 rings (SSSR count). The first-order chi connectivity index (χ1) is 13.5. The summed E-state index contributed by atoms with van der Waals surface area (Å²) in [6.07, 6.45) is 1.93. The normalized spacial score (nSPS) is 19.4. The Morgan fingerprint density at radius 1 is 1.18 bits per heavy atom. The summed E-state index contributed by atoms with van der Waals surface area (Å²) in [4.78, 5) is 13.8. The number of anilines is 1. The minimum absolute atomic E-state index is 0.0373. The van der Waals surface area contributed by atoms with Crippen LogP contribution in [0.3, 0.4) is 0 Å². The highest BCUT2D eigenvalue weighted by atomic mass is 16.5. The van der Waals surface area contributed by atoms with Crippen LogP contribution in [0.25, 0.3) is 0 Å². The van der Waals surface area contributed by atoms with Crippen LogP contribution in [0.2, 0.25) is 0 Å². The molecule has 1 aromatic carbocycles. The molecule has 0 unspecified atom stereocenters. The van der Waals surface area contributed by atoms with Crippen molar-refractivity contribution in [2.45, 2.75) is 25.4 Å². The van der Waals surface area contributed by atoms with Crippen molar-refractivity contribution in [1.29, 1.82) is 5.26 Å². The minimum Gasteiger partial charge on any atom is -0.439 e. The zero-order valence-electron chi connectivity index (χ0n) is 16.4. The second kappa shape index (κ2) is 7.74. The van der Waals surface area contributed by atoms with E-state index >= 15 is 0 Å². The summed E-state index contributed by atoms with van der Waals surface area (Å²) >= 11 is 0. The third kappa shape index (κ3) is 4.08. The fourth-order valence-corrected chi connectivity index (χ4v) is 3.92. The van der Waals surface area contributed by atoms with Crippen LogP contribution in [0.4, 0.5) is 5.95 Å². The van der Waals surface area contributed by atoms with Gasteiger partial charge in [0, 0.05) is 37.9 Å². The Hall–Kier alpha value is -2.69. The van der Waals surface area contributed by atoms with Crippen molar-refractivity contribution in [3.8, 4) is 17.7 Å². The number of benzene rings is 1. The molecule has 1 spiro atoms. The van der Waals surface area contributed by atoms with Gasteiger partial charge in [-0.2, -0.15) is 10.2 Å². The van der Waals surface area contributed by atoms with Crippen LogP contribution >= 0.6 is 0 Å². The van der Waals surface area contributed by atoms with Crippen LogP contribution < -0.4 is 9.64 Å². The molecule has 3 heterocycles. The number of rotatable bonds is 3. The zero-order chi connectivity index (χ0) is 19.6. The smallest absolute Gasteiger partial charge is 0.228 e. The predicted molar refractivity (Wildman–Crippen MR) is 106 cm³/mol. The summed E-state index contributed by atoms with van der Waals surface area (Å²) in [5, 5.41) is 9.06. The van der Waals surface area contributed by atoms with Crippen LogP contribution in [-0.2, 0) is 4.74 Å². The Kier molecular flexibility index (Phi) is 5.16. The van der Waals surface area contributed by atoms with Gasteiger partial charge in [0.1, 0.15) is 5.75 Å². The van der Waals surface area contributed by atoms with Crippen molar-refractivity contribution in [2.24, 2.45) is 0 Å². The van der Waals surface area contributed by atoms with Crippen molar-refractivity contribution in [2.75, 3.05) is 44.7 Å². The van der Waals surface area contributed by atoms with E-state index in [0.29, 0.717) is 23.1 Å². The molecule has 0 radical (unpaired) electrons. The van der Waals surface area contributed by atoms with Gasteiger partial charge in [-0.05, 0) is 45.0 Å². The lowest BCUT2D eigenvalue weighted by Gasteiger charge is -2.46. The van der Waals surface area contributed by atoms with Gasteiger partial charge in [-0.3, -0.25) is 0 Å². The molecule has 2 aromatic rings. The predicted octanol–water partition coefficient (Wildman–Crippen LogP) is 2.75. The molecule has 2 aliphatic rings. The summed E-state index contributed by atoms with van der Waals surface area (Å²) in [6, 6.07) is 11.0.